The number of benzene rings is 1. The van der Waals surface area contributed by atoms with Crippen molar-refractivity contribution >= 4 is 10.4 Å². The molecule has 1 aromatic rings. The van der Waals surface area contributed by atoms with E-state index in [0.29, 0.717) is 0 Å². The number of hydrogen-bond donors (Lipinski definition) is 1. The Balaban J connectivity index is 0.00000729. The second-order valence-corrected chi connectivity index (χ2v) is 9.01. The lowest BCUT2D eigenvalue weighted by Crippen LogP contribution is -2.35. The summed E-state index contributed by atoms with van der Waals surface area (Å²) in [5.41, 5.74) is -0.0385. The Morgan fingerprint density at radius 2 is 1.36 bits per heavy atom. The minimum atomic E-state index is -4.74. The zero-order valence-electron chi connectivity index (χ0n) is 18.3. The summed E-state index contributed by atoms with van der Waals surface area (Å²) in [5.74, 6) is -0.128. The molecule has 4 N–H and O–H groups in total. The number of rotatable bonds is 15. The van der Waals surface area contributed by atoms with Gasteiger partial charge in [-0.15, -0.1) is 0 Å². The van der Waals surface area contributed by atoms with Crippen LogP contribution in [-0.4, -0.2) is 18.6 Å². The fourth-order valence-corrected chi connectivity index (χ4v) is 4.40. The summed E-state index contributed by atoms with van der Waals surface area (Å²) >= 11 is 0. The molecule has 0 radical (unpaired) electrons. The van der Waals surface area contributed by atoms with E-state index in [-0.39, 0.29) is 12.1 Å². The third-order valence-corrected chi connectivity index (χ3v) is 5.84. The maximum atomic E-state index is 11.1. The van der Waals surface area contributed by atoms with Gasteiger partial charge in [0.2, 0.25) is 10.4 Å². The van der Waals surface area contributed by atoms with E-state index >= 15 is 0 Å². The molecule has 0 aromatic heterocycles. The van der Waals surface area contributed by atoms with Gasteiger partial charge in [-0.25, -0.2) is 8.42 Å². The summed E-state index contributed by atoms with van der Waals surface area (Å²) in [4.78, 5) is 0. The molecule has 0 aliphatic heterocycles. The molecule has 0 amide bonds. The summed E-state index contributed by atoms with van der Waals surface area (Å²) in [6.45, 7) is 5.62. The molecule has 0 bridgehead atoms. The van der Waals surface area contributed by atoms with E-state index in [2.05, 4.69) is 6.92 Å². The summed E-state index contributed by atoms with van der Waals surface area (Å²) in [6.07, 6.45) is 13.4. The van der Waals surface area contributed by atoms with Crippen LogP contribution in [-0.2, 0) is 14.6 Å². The molecule has 1 rings (SSSR count). The maximum absolute atomic E-state index is 11.1. The second kappa shape index (κ2) is 14.1. The van der Waals surface area contributed by atoms with Gasteiger partial charge in [0.25, 0.3) is 0 Å². The van der Waals surface area contributed by atoms with E-state index in [4.69, 9.17) is 4.18 Å². The fraction of sp³-hybridized carbons (Fsp3) is 0.727. The average Bonchev–Trinajstić information content (AvgIpc) is 2.58. The lowest BCUT2D eigenvalue weighted by molar-refractivity contribution is 0.0644. The van der Waals surface area contributed by atoms with Crippen molar-refractivity contribution in [1.29, 1.82) is 0 Å². The van der Waals surface area contributed by atoms with Gasteiger partial charge in [-0.3, -0.25) is 4.18 Å². The van der Waals surface area contributed by atoms with E-state index in [9.17, 15) is 13.0 Å². The van der Waals surface area contributed by atoms with Gasteiger partial charge >= 0.3 is 0 Å². The summed E-state index contributed by atoms with van der Waals surface area (Å²) < 4.78 is 38.3. The molecule has 164 valence electrons. The molecular weight excluding hydrogens is 374 g/mol. The van der Waals surface area contributed by atoms with Crippen LogP contribution >= 0.6 is 0 Å². The Labute approximate surface area is 172 Å². The van der Waals surface area contributed by atoms with Gasteiger partial charge in [-0.2, -0.15) is 0 Å². The van der Waals surface area contributed by atoms with Crippen LogP contribution in [0, 0.1) is 0 Å². The lowest BCUT2D eigenvalue weighted by atomic mass is 9.81. The van der Waals surface area contributed by atoms with E-state index in [0.717, 1.165) is 24.8 Å². The van der Waals surface area contributed by atoms with Crippen molar-refractivity contribution in [2.24, 2.45) is 0 Å². The lowest BCUT2D eigenvalue weighted by Gasteiger charge is -2.35. The van der Waals surface area contributed by atoms with Crippen LogP contribution in [0.5, 0.6) is 0 Å². The van der Waals surface area contributed by atoms with Crippen molar-refractivity contribution < 1.29 is 17.2 Å². The minimum Gasteiger partial charge on any atom is -0.726 e. The quantitative estimate of drug-likeness (QED) is 0.195. The predicted molar refractivity (Wildman–Crippen MR) is 116 cm³/mol. The Bertz CT molecular complexity index is 602. The molecule has 1 atom stereocenters. The molecule has 28 heavy (non-hydrogen) atoms. The molecule has 0 aliphatic carbocycles. The molecule has 1 aromatic carbocycles. The van der Waals surface area contributed by atoms with Crippen molar-refractivity contribution in [3.63, 3.8) is 0 Å². The second-order valence-electron chi connectivity index (χ2n) is 8.03. The highest BCUT2D eigenvalue weighted by Gasteiger charge is 2.33. The first-order chi connectivity index (χ1) is 12.8. The number of hydrogen-bond acceptors (Lipinski definition) is 4. The topological polar surface area (TPSA) is 103 Å². The van der Waals surface area contributed by atoms with Gasteiger partial charge in [0.1, 0.15) is 0 Å². The first-order valence-corrected chi connectivity index (χ1v) is 11.8. The van der Waals surface area contributed by atoms with Crippen LogP contribution in [0.4, 0.5) is 0 Å². The molecule has 0 saturated heterocycles. The SMILES string of the molecule is CCCCCCCCCCCCC(c1ccccc1)C(C)(C)OS(=O)(=O)[O-].[NH4+]. The van der Waals surface area contributed by atoms with E-state index in [1.165, 1.54) is 51.4 Å². The van der Waals surface area contributed by atoms with Crippen LogP contribution in [0.2, 0.25) is 0 Å². The van der Waals surface area contributed by atoms with E-state index in [1.807, 2.05) is 30.3 Å². The first-order valence-electron chi connectivity index (χ1n) is 10.5. The van der Waals surface area contributed by atoms with Crippen LogP contribution < -0.4 is 6.15 Å². The molecule has 0 aliphatic rings. The maximum Gasteiger partial charge on any atom is 0.218 e. The van der Waals surface area contributed by atoms with E-state index < -0.39 is 16.0 Å². The van der Waals surface area contributed by atoms with Crippen LogP contribution in [0.1, 0.15) is 103 Å². The number of quaternary nitrogens is 1. The number of unbranched alkanes of at least 4 members (excludes halogenated alkanes) is 9. The Kier molecular flexibility index (Phi) is 13.6. The van der Waals surface area contributed by atoms with Crippen LogP contribution in [0.15, 0.2) is 30.3 Å². The Hall–Kier alpha value is -0.950. The Morgan fingerprint density at radius 1 is 0.893 bits per heavy atom. The fourth-order valence-electron chi connectivity index (χ4n) is 3.76. The molecule has 1 unspecified atom stereocenters. The molecule has 0 spiro atoms. The molecule has 0 fully saturated rings. The standard InChI is InChI=1S/C22H38O4S.H3N/c1-4-5-6-7-8-9-10-11-12-16-19-21(20-17-14-13-15-18-20)22(2,3)26-27(23,24)25;/h13-15,17-18,21H,4-12,16,19H2,1-3H3,(H,23,24,25);1H3. The predicted octanol–water partition coefficient (Wildman–Crippen LogP) is 6.71. The largest absolute Gasteiger partial charge is 0.726 e. The smallest absolute Gasteiger partial charge is 0.218 e. The molecule has 0 saturated carbocycles. The van der Waals surface area contributed by atoms with Crippen molar-refractivity contribution in [2.75, 3.05) is 0 Å². The summed E-state index contributed by atoms with van der Waals surface area (Å²) in [7, 11) is -4.74. The van der Waals surface area contributed by atoms with Gasteiger partial charge in [0.15, 0.2) is 0 Å². The highest BCUT2D eigenvalue weighted by Crippen LogP contribution is 2.36. The van der Waals surface area contributed by atoms with Crippen molar-refractivity contribution in [1.82, 2.24) is 6.15 Å². The van der Waals surface area contributed by atoms with Gasteiger partial charge in [0, 0.05) is 5.92 Å². The highest BCUT2D eigenvalue weighted by atomic mass is 32.3. The third kappa shape index (κ3) is 11.8. The molecule has 0 heterocycles. The van der Waals surface area contributed by atoms with Crippen molar-refractivity contribution in [3.8, 4) is 0 Å². The van der Waals surface area contributed by atoms with Gasteiger partial charge in [-0.05, 0) is 25.8 Å². The zero-order valence-corrected chi connectivity index (χ0v) is 19.1. The molecular formula is C22H41NO4S. The summed E-state index contributed by atoms with van der Waals surface area (Å²) in [5, 5.41) is 0. The third-order valence-electron chi connectivity index (χ3n) is 5.20. The van der Waals surface area contributed by atoms with Crippen molar-refractivity contribution in [2.45, 2.75) is 103 Å². The average molecular weight is 416 g/mol. The molecule has 6 heteroatoms. The monoisotopic (exact) mass is 415 g/mol. The van der Waals surface area contributed by atoms with Crippen LogP contribution in [0.3, 0.4) is 0 Å². The Morgan fingerprint density at radius 3 is 1.82 bits per heavy atom. The van der Waals surface area contributed by atoms with Gasteiger partial charge < -0.3 is 10.7 Å². The van der Waals surface area contributed by atoms with Crippen LogP contribution in [0.25, 0.3) is 0 Å². The normalized spacial score (nSPS) is 13.1. The van der Waals surface area contributed by atoms with Gasteiger partial charge in [-0.1, -0.05) is 101 Å². The highest BCUT2D eigenvalue weighted by molar-refractivity contribution is 7.80. The van der Waals surface area contributed by atoms with Gasteiger partial charge in [0.05, 0.1) is 5.60 Å². The first kappa shape index (κ1) is 27.0. The molecule has 5 nitrogen and oxygen atoms in total. The summed E-state index contributed by atoms with van der Waals surface area (Å²) in [6, 6.07) is 9.75. The zero-order chi connectivity index (χ0) is 20.2. The van der Waals surface area contributed by atoms with Crippen molar-refractivity contribution in [3.05, 3.63) is 35.9 Å². The van der Waals surface area contributed by atoms with E-state index in [1.54, 1.807) is 13.8 Å². The minimum absolute atomic E-state index is 0.